The maximum Gasteiger partial charge on any atom is 0.255 e. The van der Waals surface area contributed by atoms with Gasteiger partial charge < -0.3 is 14.8 Å². The van der Waals surface area contributed by atoms with E-state index in [1.165, 1.54) is 17.5 Å². The molecule has 1 N–H and O–H groups in total. The monoisotopic (exact) mass is 418 g/mol. The Balaban J connectivity index is 1.87. The number of carbonyl (C=O) groups is 1. The van der Waals surface area contributed by atoms with Crippen molar-refractivity contribution in [3.63, 3.8) is 0 Å². The van der Waals surface area contributed by atoms with Crippen molar-refractivity contribution in [1.29, 1.82) is 0 Å². The molecule has 0 bridgehead atoms. The third-order valence-electron chi connectivity index (χ3n) is 4.79. The molecule has 0 aliphatic carbocycles. The normalized spacial score (nSPS) is 15.0. The van der Waals surface area contributed by atoms with Crippen molar-refractivity contribution in [2.24, 2.45) is 0 Å². The minimum Gasteiger partial charge on any atom is -0.493 e. The number of amides is 1. The average molecular weight is 419 g/mol. The zero-order valence-electron chi connectivity index (χ0n) is 16.7. The molecule has 0 atom stereocenters. The molecule has 0 saturated carbocycles. The number of para-hydroxylation sites is 1. The summed E-state index contributed by atoms with van der Waals surface area (Å²) < 4.78 is 38.4. The van der Waals surface area contributed by atoms with E-state index in [1.54, 1.807) is 36.4 Å². The van der Waals surface area contributed by atoms with Gasteiger partial charge in [0.25, 0.3) is 5.91 Å². The van der Waals surface area contributed by atoms with Crippen LogP contribution in [0.3, 0.4) is 0 Å². The summed E-state index contributed by atoms with van der Waals surface area (Å²) in [6.45, 7) is 3.34. The molecule has 1 saturated heterocycles. The molecule has 1 aliphatic heterocycles. The SMILES string of the molecule is CCOc1ccc(C(=O)Nc2ccccc2S(=O)(=O)N2CCCCC2)cc1OC. The molecule has 29 heavy (non-hydrogen) atoms. The molecule has 0 radical (unpaired) electrons. The first-order valence-electron chi connectivity index (χ1n) is 9.68. The van der Waals surface area contributed by atoms with Gasteiger partial charge in [-0.15, -0.1) is 0 Å². The van der Waals surface area contributed by atoms with E-state index in [9.17, 15) is 13.2 Å². The molecule has 1 fully saturated rings. The van der Waals surface area contributed by atoms with Gasteiger partial charge in [-0.1, -0.05) is 18.6 Å². The Labute approximate surface area is 171 Å². The van der Waals surface area contributed by atoms with Gasteiger partial charge in [0.05, 0.1) is 19.4 Å². The second-order valence-corrected chi connectivity index (χ2v) is 8.62. The Morgan fingerprint density at radius 3 is 2.48 bits per heavy atom. The highest BCUT2D eigenvalue weighted by Gasteiger charge is 2.28. The van der Waals surface area contributed by atoms with Gasteiger partial charge in [0, 0.05) is 18.7 Å². The van der Waals surface area contributed by atoms with Crippen LogP contribution in [0.25, 0.3) is 0 Å². The summed E-state index contributed by atoms with van der Waals surface area (Å²) in [7, 11) is -2.17. The van der Waals surface area contributed by atoms with Crippen molar-refractivity contribution >= 4 is 21.6 Å². The van der Waals surface area contributed by atoms with E-state index in [1.807, 2.05) is 6.92 Å². The van der Waals surface area contributed by atoms with E-state index in [2.05, 4.69) is 5.32 Å². The third kappa shape index (κ3) is 4.71. The van der Waals surface area contributed by atoms with Crippen LogP contribution in [0.5, 0.6) is 11.5 Å². The molecular formula is C21H26N2O5S. The van der Waals surface area contributed by atoms with Crippen molar-refractivity contribution in [2.75, 3.05) is 32.1 Å². The largest absolute Gasteiger partial charge is 0.493 e. The molecule has 1 heterocycles. The van der Waals surface area contributed by atoms with Crippen LogP contribution in [0.4, 0.5) is 5.69 Å². The topological polar surface area (TPSA) is 84.9 Å². The van der Waals surface area contributed by atoms with E-state index >= 15 is 0 Å². The van der Waals surface area contributed by atoms with Crippen LogP contribution in [-0.2, 0) is 10.0 Å². The van der Waals surface area contributed by atoms with Crippen molar-refractivity contribution in [1.82, 2.24) is 4.31 Å². The van der Waals surface area contributed by atoms with Gasteiger partial charge in [-0.05, 0) is 50.1 Å². The second kappa shape index (κ2) is 9.28. The summed E-state index contributed by atoms with van der Waals surface area (Å²) in [6.07, 6.45) is 2.73. The number of nitrogens with one attached hydrogen (secondary N) is 1. The lowest BCUT2D eigenvalue weighted by Gasteiger charge is -2.26. The van der Waals surface area contributed by atoms with E-state index in [0.717, 1.165) is 19.3 Å². The number of methoxy groups -OCH3 is 1. The highest BCUT2D eigenvalue weighted by molar-refractivity contribution is 7.89. The van der Waals surface area contributed by atoms with Crippen LogP contribution in [0.1, 0.15) is 36.5 Å². The van der Waals surface area contributed by atoms with E-state index < -0.39 is 15.9 Å². The Morgan fingerprint density at radius 2 is 1.79 bits per heavy atom. The second-order valence-electron chi connectivity index (χ2n) is 6.71. The predicted octanol–water partition coefficient (Wildman–Crippen LogP) is 3.52. The van der Waals surface area contributed by atoms with Gasteiger partial charge in [0.2, 0.25) is 10.0 Å². The first-order chi connectivity index (χ1) is 14.0. The molecule has 2 aromatic rings. The fourth-order valence-corrected chi connectivity index (χ4v) is 4.98. The summed E-state index contributed by atoms with van der Waals surface area (Å²) in [5, 5.41) is 2.73. The molecular weight excluding hydrogens is 392 g/mol. The van der Waals surface area contributed by atoms with E-state index in [-0.39, 0.29) is 10.6 Å². The summed E-state index contributed by atoms with van der Waals surface area (Å²) in [6, 6.07) is 11.3. The summed E-state index contributed by atoms with van der Waals surface area (Å²) in [5.74, 6) is 0.556. The van der Waals surface area contributed by atoms with E-state index in [0.29, 0.717) is 36.8 Å². The fourth-order valence-electron chi connectivity index (χ4n) is 3.32. The smallest absolute Gasteiger partial charge is 0.255 e. The predicted molar refractivity (Wildman–Crippen MR) is 111 cm³/mol. The minimum atomic E-state index is -3.67. The van der Waals surface area contributed by atoms with Crippen molar-refractivity contribution in [3.05, 3.63) is 48.0 Å². The average Bonchev–Trinajstić information content (AvgIpc) is 2.75. The van der Waals surface area contributed by atoms with Crippen molar-refractivity contribution in [3.8, 4) is 11.5 Å². The fraction of sp³-hybridized carbons (Fsp3) is 0.381. The summed E-state index contributed by atoms with van der Waals surface area (Å²) >= 11 is 0. The van der Waals surface area contributed by atoms with Crippen LogP contribution in [0.2, 0.25) is 0 Å². The molecule has 0 spiro atoms. The minimum absolute atomic E-state index is 0.105. The van der Waals surface area contributed by atoms with Crippen LogP contribution >= 0.6 is 0 Å². The molecule has 8 heteroatoms. The number of hydrogen-bond donors (Lipinski definition) is 1. The molecule has 1 amide bonds. The Kier molecular flexibility index (Phi) is 6.76. The lowest BCUT2D eigenvalue weighted by atomic mass is 10.2. The lowest BCUT2D eigenvalue weighted by Crippen LogP contribution is -2.36. The lowest BCUT2D eigenvalue weighted by molar-refractivity contribution is 0.102. The van der Waals surface area contributed by atoms with Crippen molar-refractivity contribution < 1.29 is 22.7 Å². The van der Waals surface area contributed by atoms with Gasteiger partial charge in [-0.25, -0.2) is 8.42 Å². The van der Waals surface area contributed by atoms with Gasteiger partial charge >= 0.3 is 0 Å². The van der Waals surface area contributed by atoms with Crippen molar-refractivity contribution in [2.45, 2.75) is 31.1 Å². The number of rotatable bonds is 7. The zero-order valence-corrected chi connectivity index (χ0v) is 17.5. The highest BCUT2D eigenvalue weighted by atomic mass is 32.2. The van der Waals surface area contributed by atoms with Gasteiger partial charge in [0.15, 0.2) is 11.5 Å². The number of anilines is 1. The molecule has 0 aromatic heterocycles. The highest BCUT2D eigenvalue weighted by Crippen LogP contribution is 2.30. The zero-order chi connectivity index (χ0) is 20.9. The Hall–Kier alpha value is -2.58. The first-order valence-corrected chi connectivity index (χ1v) is 11.1. The molecule has 3 rings (SSSR count). The third-order valence-corrected chi connectivity index (χ3v) is 6.75. The number of carbonyl (C=O) groups excluding carboxylic acids is 1. The molecule has 156 valence electrons. The Morgan fingerprint density at radius 1 is 1.07 bits per heavy atom. The van der Waals surface area contributed by atoms with Gasteiger partial charge in [-0.2, -0.15) is 4.31 Å². The van der Waals surface area contributed by atoms with E-state index in [4.69, 9.17) is 9.47 Å². The van der Waals surface area contributed by atoms with Gasteiger partial charge in [0.1, 0.15) is 4.90 Å². The number of ether oxygens (including phenoxy) is 2. The number of piperidine rings is 1. The van der Waals surface area contributed by atoms with Crippen LogP contribution in [0, 0.1) is 0 Å². The number of hydrogen-bond acceptors (Lipinski definition) is 5. The summed E-state index contributed by atoms with van der Waals surface area (Å²) in [4.78, 5) is 12.9. The molecule has 7 nitrogen and oxygen atoms in total. The quantitative estimate of drug-likeness (QED) is 0.744. The molecule has 2 aromatic carbocycles. The van der Waals surface area contributed by atoms with Crippen LogP contribution in [0.15, 0.2) is 47.4 Å². The summed E-state index contributed by atoms with van der Waals surface area (Å²) in [5.41, 5.74) is 0.603. The van der Waals surface area contributed by atoms with Crippen LogP contribution < -0.4 is 14.8 Å². The maximum absolute atomic E-state index is 13.1. The molecule has 0 unspecified atom stereocenters. The molecule has 1 aliphatic rings. The Bertz CT molecular complexity index is 969. The number of sulfonamides is 1. The number of benzene rings is 2. The number of nitrogens with zero attached hydrogens (tertiary/aromatic N) is 1. The first kappa shape index (κ1) is 21.1. The standard InChI is InChI=1S/C21H26N2O5S/c1-3-28-18-12-11-16(15-19(18)27-2)21(24)22-17-9-5-6-10-20(17)29(25,26)23-13-7-4-8-14-23/h5-6,9-12,15H,3-4,7-8,13-14H2,1-2H3,(H,22,24). The maximum atomic E-state index is 13.1. The van der Waals surface area contributed by atoms with Gasteiger partial charge in [-0.3, -0.25) is 4.79 Å². The van der Waals surface area contributed by atoms with Crippen LogP contribution in [-0.4, -0.2) is 45.4 Å².